The van der Waals surface area contributed by atoms with Gasteiger partial charge in [-0.1, -0.05) is 0 Å². The van der Waals surface area contributed by atoms with E-state index in [1.165, 1.54) is 0 Å². The number of carboxylic acid groups (broad SMARTS) is 1. The van der Waals surface area contributed by atoms with Crippen molar-refractivity contribution < 1.29 is 9.90 Å². The lowest BCUT2D eigenvalue weighted by molar-refractivity contribution is 0.185. The van der Waals surface area contributed by atoms with Gasteiger partial charge in [0.25, 0.3) is 0 Å². The molecule has 0 saturated heterocycles. The largest absolute Gasteiger partial charge is 0.465 e. The molecule has 0 aromatic heterocycles. The van der Waals surface area contributed by atoms with Crippen LogP contribution in [0.3, 0.4) is 0 Å². The summed E-state index contributed by atoms with van der Waals surface area (Å²) in [6.07, 6.45) is 2.71. The van der Waals surface area contributed by atoms with E-state index in [1.54, 1.807) is 0 Å². The molecule has 1 aliphatic carbocycles. The molecule has 1 fully saturated rings. The molecule has 0 bridgehead atoms. The molecule has 4 N–H and O–H groups in total. The molecule has 0 heterocycles. The topological polar surface area (TPSA) is 75.3 Å². The Hall–Kier alpha value is -0.480. The van der Waals surface area contributed by atoms with E-state index >= 15 is 0 Å². The maximum atomic E-state index is 10.2. The number of nitrogens with one attached hydrogen (secondary N) is 1. The van der Waals surface area contributed by atoms with E-state index in [9.17, 15) is 4.79 Å². The molecular formula is C7H15ClN2O2. The Morgan fingerprint density at radius 1 is 1.33 bits per heavy atom. The maximum absolute atomic E-state index is 10.2. The average molecular weight is 195 g/mol. The Morgan fingerprint density at radius 2 is 1.83 bits per heavy atom. The first-order chi connectivity index (χ1) is 5.18. The second kappa shape index (κ2) is 5.22. The third-order valence-corrected chi connectivity index (χ3v) is 2.10. The van der Waals surface area contributed by atoms with Crippen LogP contribution in [0.15, 0.2) is 0 Å². The highest BCUT2D eigenvalue weighted by Gasteiger charge is 2.19. The molecule has 5 heteroatoms. The summed E-state index contributed by atoms with van der Waals surface area (Å²) >= 11 is 0. The maximum Gasteiger partial charge on any atom is 0.404 e. The van der Waals surface area contributed by atoms with E-state index in [4.69, 9.17) is 10.8 Å². The number of hydrogen-bond acceptors (Lipinski definition) is 2. The molecule has 0 aromatic rings. The quantitative estimate of drug-likeness (QED) is 0.582. The highest BCUT2D eigenvalue weighted by Crippen LogP contribution is 2.16. The summed E-state index contributed by atoms with van der Waals surface area (Å²) in [6, 6.07) is 0.411. The van der Waals surface area contributed by atoms with E-state index in [1.807, 2.05) is 0 Å². The third kappa shape index (κ3) is 3.78. The standard InChI is InChI=1S/C7H14N2O2.ClH/c8-5-1-3-6(4-2-5)9-7(10)11;/h5-6,9H,1-4,8H2,(H,10,11);1H. The zero-order chi connectivity index (χ0) is 8.27. The molecule has 0 spiro atoms. The molecule has 1 rings (SSSR count). The van der Waals surface area contributed by atoms with Gasteiger partial charge >= 0.3 is 6.09 Å². The molecule has 0 aromatic carbocycles. The van der Waals surface area contributed by atoms with Crippen LogP contribution in [0.4, 0.5) is 4.79 Å². The van der Waals surface area contributed by atoms with Gasteiger partial charge in [-0.15, -0.1) is 12.4 Å². The molecule has 1 amide bonds. The van der Waals surface area contributed by atoms with Crippen molar-refractivity contribution in [3.8, 4) is 0 Å². The van der Waals surface area contributed by atoms with Gasteiger partial charge in [-0.25, -0.2) is 4.79 Å². The monoisotopic (exact) mass is 194 g/mol. The number of rotatable bonds is 1. The molecule has 0 unspecified atom stereocenters. The first kappa shape index (κ1) is 11.5. The van der Waals surface area contributed by atoms with Crippen molar-refractivity contribution in [2.45, 2.75) is 37.8 Å². The van der Waals surface area contributed by atoms with Crippen LogP contribution in [0.1, 0.15) is 25.7 Å². The van der Waals surface area contributed by atoms with Gasteiger partial charge in [-0.3, -0.25) is 0 Å². The van der Waals surface area contributed by atoms with Crippen molar-refractivity contribution in [2.75, 3.05) is 0 Å². The summed E-state index contributed by atoms with van der Waals surface area (Å²) in [5.74, 6) is 0. The average Bonchev–Trinajstić information content (AvgIpc) is 1.93. The Labute approximate surface area is 77.9 Å². The molecule has 0 atom stereocenters. The number of nitrogens with two attached hydrogens (primary N) is 1. The minimum atomic E-state index is -0.925. The lowest BCUT2D eigenvalue weighted by atomic mass is 9.92. The number of amides is 1. The van der Waals surface area contributed by atoms with E-state index in [-0.39, 0.29) is 24.5 Å². The number of carbonyl (C=O) groups is 1. The third-order valence-electron chi connectivity index (χ3n) is 2.10. The second-order valence-corrected chi connectivity index (χ2v) is 3.06. The predicted octanol–water partition coefficient (Wildman–Crippen LogP) is 0.946. The van der Waals surface area contributed by atoms with Crippen molar-refractivity contribution in [2.24, 2.45) is 5.73 Å². The first-order valence-corrected chi connectivity index (χ1v) is 3.93. The molecule has 1 saturated carbocycles. The van der Waals surface area contributed by atoms with Gasteiger partial charge in [-0.2, -0.15) is 0 Å². The summed E-state index contributed by atoms with van der Waals surface area (Å²) < 4.78 is 0. The Bertz CT molecular complexity index is 146. The normalized spacial score (nSPS) is 28.8. The van der Waals surface area contributed by atoms with Crippen molar-refractivity contribution >= 4 is 18.5 Å². The molecule has 1 aliphatic rings. The lowest BCUT2D eigenvalue weighted by Gasteiger charge is -2.25. The Balaban J connectivity index is 0.00000121. The van der Waals surface area contributed by atoms with Crippen LogP contribution < -0.4 is 11.1 Å². The Kier molecular flexibility index (Phi) is 5.01. The summed E-state index contributed by atoms with van der Waals surface area (Å²) in [4.78, 5) is 10.2. The zero-order valence-corrected chi connectivity index (χ0v) is 7.64. The van der Waals surface area contributed by atoms with E-state index in [0.717, 1.165) is 25.7 Å². The summed E-state index contributed by atoms with van der Waals surface area (Å²) in [5, 5.41) is 10.9. The van der Waals surface area contributed by atoms with E-state index < -0.39 is 6.09 Å². The highest BCUT2D eigenvalue weighted by atomic mass is 35.5. The predicted molar refractivity (Wildman–Crippen MR) is 48.6 cm³/mol. The van der Waals surface area contributed by atoms with Gasteiger partial charge in [-0.05, 0) is 25.7 Å². The van der Waals surface area contributed by atoms with Crippen LogP contribution in [-0.2, 0) is 0 Å². The molecule has 12 heavy (non-hydrogen) atoms. The molecule has 0 radical (unpaired) electrons. The summed E-state index contributed by atoms with van der Waals surface area (Å²) in [7, 11) is 0. The second-order valence-electron chi connectivity index (χ2n) is 3.06. The van der Waals surface area contributed by atoms with Gasteiger partial charge in [0.2, 0.25) is 0 Å². The number of hydrogen-bond donors (Lipinski definition) is 3. The smallest absolute Gasteiger partial charge is 0.404 e. The fourth-order valence-corrected chi connectivity index (χ4v) is 1.44. The van der Waals surface area contributed by atoms with Gasteiger partial charge in [0.05, 0.1) is 0 Å². The molecule has 4 nitrogen and oxygen atoms in total. The fraction of sp³-hybridized carbons (Fsp3) is 0.857. The van der Waals surface area contributed by atoms with Crippen molar-refractivity contribution in [3.05, 3.63) is 0 Å². The first-order valence-electron chi connectivity index (χ1n) is 3.93. The van der Waals surface area contributed by atoms with Crippen molar-refractivity contribution in [3.63, 3.8) is 0 Å². The van der Waals surface area contributed by atoms with Crippen LogP contribution in [-0.4, -0.2) is 23.3 Å². The number of halogens is 1. The highest BCUT2D eigenvalue weighted by molar-refractivity contribution is 5.85. The van der Waals surface area contributed by atoms with E-state index in [2.05, 4.69) is 5.32 Å². The molecular weight excluding hydrogens is 180 g/mol. The van der Waals surface area contributed by atoms with Crippen LogP contribution >= 0.6 is 12.4 Å². The van der Waals surface area contributed by atoms with Crippen molar-refractivity contribution in [1.29, 1.82) is 0 Å². The van der Waals surface area contributed by atoms with E-state index in [0.29, 0.717) is 0 Å². The van der Waals surface area contributed by atoms with Crippen LogP contribution in [0, 0.1) is 0 Å². The summed E-state index contributed by atoms with van der Waals surface area (Å²) in [6.45, 7) is 0. The Morgan fingerprint density at radius 3 is 2.25 bits per heavy atom. The van der Waals surface area contributed by atoms with Gasteiger partial charge in [0.1, 0.15) is 0 Å². The summed E-state index contributed by atoms with van der Waals surface area (Å²) in [5.41, 5.74) is 5.65. The van der Waals surface area contributed by atoms with Crippen LogP contribution in [0.5, 0.6) is 0 Å². The minimum absolute atomic E-state index is 0. The zero-order valence-electron chi connectivity index (χ0n) is 6.82. The fourth-order valence-electron chi connectivity index (χ4n) is 1.44. The molecule has 72 valence electrons. The lowest BCUT2D eigenvalue weighted by Crippen LogP contribution is -2.39. The van der Waals surface area contributed by atoms with Crippen molar-refractivity contribution in [1.82, 2.24) is 5.32 Å². The van der Waals surface area contributed by atoms with Gasteiger partial charge in [0, 0.05) is 12.1 Å². The van der Waals surface area contributed by atoms with Crippen LogP contribution in [0.25, 0.3) is 0 Å². The van der Waals surface area contributed by atoms with Gasteiger partial charge < -0.3 is 16.2 Å². The minimum Gasteiger partial charge on any atom is -0.465 e. The SMILES string of the molecule is Cl.NC1CCC(NC(=O)O)CC1. The molecule has 0 aliphatic heterocycles. The van der Waals surface area contributed by atoms with Crippen LogP contribution in [0.2, 0.25) is 0 Å². The van der Waals surface area contributed by atoms with Gasteiger partial charge in [0.15, 0.2) is 0 Å².